The topological polar surface area (TPSA) is 67.9 Å². The SMILES string of the molecule is COCCN(CC(=O)Nc1ccc(F)cc1-c1ccc(F)cc1)C(=O)OC(C)(C)C. The molecule has 2 aromatic rings. The van der Waals surface area contributed by atoms with Crippen molar-refractivity contribution in [3.05, 3.63) is 54.1 Å². The number of benzene rings is 2. The highest BCUT2D eigenvalue weighted by Gasteiger charge is 2.24. The van der Waals surface area contributed by atoms with Gasteiger partial charge >= 0.3 is 6.09 Å². The van der Waals surface area contributed by atoms with Crippen molar-refractivity contribution in [3.63, 3.8) is 0 Å². The first-order valence-corrected chi connectivity index (χ1v) is 9.41. The van der Waals surface area contributed by atoms with Gasteiger partial charge in [-0.2, -0.15) is 0 Å². The first-order chi connectivity index (χ1) is 14.1. The van der Waals surface area contributed by atoms with Crippen molar-refractivity contribution in [2.75, 3.05) is 32.1 Å². The molecule has 0 aromatic heterocycles. The molecule has 0 bridgehead atoms. The second-order valence-corrected chi connectivity index (χ2v) is 7.64. The van der Waals surface area contributed by atoms with E-state index in [0.717, 1.165) is 0 Å². The summed E-state index contributed by atoms with van der Waals surface area (Å²) in [6.45, 7) is 5.29. The van der Waals surface area contributed by atoms with Crippen molar-refractivity contribution in [2.24, 2.45) is 0 Å². The summed E-state index contributed by atoms with van der Waals surface area (Å²) < 4.78 is 37.4. The average Bonchev–Trinajstić information content (AvgIpc) is 2.65. The predicted octanol–water partition coefficient (Wildman–Crippen LogP) is 4.45. The number of ether oxygens (including phenoxy) is 2. The number of nitrogens with one attached hydrogen (secondary N) is 1. The normalized spacial score (nSPS) is 11.1. The zero-order valence-corrected chi connectivity index (χ0v) is 17.5. The zero-order valence-electron chi connectivity index (χ0n) is 17.5. The second kappa shape index (κ2) is 10.2. The molecule has 162 valence electrons. The Kier molecular flexibility index (Phi) is 7.88. The number of methoxy groups -OCH3 is 1. The van der Waals surface area contributed by atoms with Crippen LogP contribution < -0.4 is 5.32 Å². The lowest BCUT2D eigenvalue weighted by atomic mass is 10.0. The Morgan fingerprint density at radius 3 is 2.27 bits per heavy atom. The maximum Gasteiger partial charge on any atom is 0.410 e. The van der Waals surface area contributed by atoms with E-state index < -0.39 is 29.2 Å². The van der Waals surface area contributed by atoms with Gasteiger partial charge in [0.15, 0.2) is 0 Å². The van der Waals surface area contributed by atoms with E-state index in [4.69, 9.17) is 9.47 Å². The molecule has 2 amide bonds. The largest absolute Gasteiger partial charge is 0.444 e. The summed E-state index contributed by atoms with van der Waals surface area (Å²) in [6.07, 6.45) is -0.646. The fourth-order valence-electron chi connectivity index (χ4n) is 2.62. The van der Waals surface area contributed by atoms with Gasteiger partial charge in [0.05, 0.1) is 6.61 Å². The van der Waals surface area contributed by atoms with Gasteiger partial charge in [-0.1, -0.05) is 12.1 Å². The van der Waals surface area contributed by atoms with Gasteiger partial charge in [-0.15, -0.1) is 0 Å². The van der Waals surface area contributed by atoms with Crippen LogP contribution in [0.1, 0.15) is 20.8 Å². The van der Waals surface area contributed by atoms with E-state index in [1.165, 1.54) is 54.5 Å². The van der Waals surface area contributed by atoms with Crippen molar-refractivity contribution in [3.8, 4) is 11.1 Å². The Labute approximate surface area is 174 Å². The van der Waals surface area contributed by atoms with Gasteiger partial charge < -0.3 is 14.8 Å². The molecule has 30 heavy (non-hydrogen) atoms. The Balaban J connectivity index is 2.19. The lowest BCUT2D eigenvalue weighted by Gasteiger charge is -2.27. The van der Waals surface area contributed by atoms with Crippen molar-refractivity contribution in [1.82, 2.24) is 4.90 Å². The second-order valence-electron chi connectivity index (χ2n) is 7.64. The minimum absolute atomic E-state index is 0.160. The van der Waals surface area contributed by atoms with E-state index in [9.17, 15) is 18.4 Å². The minimum atomic E-state index is -0.717. The number of hydrogen-bond acceptors (Lipinski definition) is 4. The number of rotatable bonds is 7. The molecule has 0 aliphatic carbocycles. The van der Waals surface area contributed by atoms with Crippen LogP contribution in [0.3, 0.4) is 0 Å². The molecular weight excluding hydrogens is 394 g/mol. The molecule has 0 saturated carbocycles. The molecule has 8 heteroatoms. The average molecular weight is 420 g/mol. The van der Waals surface area contributed by atoms with E-state index in [1.54, 1.807) is 20.8 Å². The number of hydrogen-bond donors (Lipinski definition) is 1. The van der Waals surface area contributed by atoms with Crippen LogP contribution in [0.25, 0.3) is 11.1 Å². The van der Waals surface area contributed by atoms with Crippen LogP contribution in [0, 0.1) is 11.6 Å². The summed E-state index contributed by atoms with van der Waals surface area (Å²) in [7, 11) is 1.49. The molecule has 0 aliphatic heterocycles. The third-order valence-corrected chi connectivity index (χ3v) is 3.96. The number of halogens is 2. The van der Waals surface area contributed by atoms with E-state index in [1.807, 2.05) is 0 Å². The summed E-state index contributed by atoms with van der Waals surface area (Å²) in [4.78, 5) is 26.3. The number of amides is 2. The van der Waals surface area contributed by atoms with Gasteiger partial charge in [-0.05, 0) is 56.7 Å². The monoisotopic (exact) mass is 420 g/mol. The Bertz CT molecular complexity index is 880. The Morgan fingerprint density at radius 1 is 1.03 bits per heavy atom. The first-order valence-electron chi connectivity index (χ1n) is 9.41. The molecule has 0 fully saturated rings. The number of anilines is 1. The van der Waals surface area contributed by atoms with Crippen LogP contribution in [-0.4, -0.2) is 49.3 Å². The van der Waals surface area contributed by atoms with Gasteiger partial charge in [0.1, 0.15) is 23.8 Å². The maximum absolute atomic E-state index is 13.8. The molecule has 6 nitrogen and oxygen atoms in total. The van der Waals surface area contributed by atoms with E-state index in [2.05, 4.69) is 5.32 Å². The van der Waals surface area contributed by atoms with Crippen LogP contribution in [0.2, 0.25) is 0 Å². The molecule has 0 unspecified atom stereocenters. The molecule has 2 rings (SSSR count). The van der Waals surface area contributed by atoms with Crippen LogP contribution in [0.5, 0.6) is 0 Å². The summed E-state index contributed by atoms with van der Waals surface area (Å²) >= 11 is 0. The standard InChI is InChI=1S/C22H26F2N2O4/c1-22(2,3)30-21(28)26(11-12-29-4)14-20(27)25-19-10-9-17(24)13-18(19)15-5-7-16(23)8-6-15/h5-10,13H,11-12,14H2,1-4H3,(H,25,27). The third kappa shape index (κ3) is 7.11. The molecule has 0 aliphatic rings. The summed E-state index contributed by atoms with van der Waals surface area (Å²) in [6, 6.07) is 9.36. The van der Waals surface area contributed by atoms with Gasteiger partial charge in [-0.25, -0.2) is 13.6 Å². The lowest BCUT2D eigenvalue weighted by Crippen LogP contribution is -2.42. The third-order valence-electron chi connectivity index (χ3n) is 3.96. The predicted molar refractivity (Wildman–Crippen MR) is 110 cm³/mol. The van der Waals surface area contributed by atoms with Gasteiger partial charge in [-0.3, -0.25) is 9.69 Å². The summed E-state index contributed by atoms with van der Waals surface area (Å²) in [5, 5.41) is 2.69. The fraction of sp³-hybridized carbons (Fsp3) is 0.364. The van der Waals surface area contributed by atoms with Crippen LogP contribution in [-0.2, 0) is 14.3 Å². The van der Waals surface area contributed by atoms with Crippen LogP contribution in [0.15, 0.2) is 42.5 Å². The van der Waals surface area contributed by atoms with E-state index in [-0.39, 0.29) is 19.7 Å². The fourth-order valence-corrected chi connectivity index (χ4v) is 2.62. The smallest absolute Gasteiger partial charge is 0.410 e. The maximum atomic E-state index is 13.8. The Hall–Kier alpha value is -3.00. The van der Waals surface area contributed by atoms with Crippen molar-refractivity contribution < 1.29 is 27.8 Å². The highest BCUT2D eigenvalue weighted by Crippen LogP contribution is 2.29. The van der Waals surface area contributed by atoms with Gasteiger partial charge in [0, 0.05) is 24.9 Å². The highest BCUT2D eigenvalue weighted by molar-refractivity contribution is 5.97. The Morgan fingerprint density at radius 2 is 1.67 bits per heavy atom. The zero-order chi connectivity index (χ0) is 22.3. The minimum Gasteiger partial charge on any atom is -0.444 e. The molecule has 0 radical (unpaired) electrons. The van der Waals surface area contributed by atoms with Gasteiger partial charge in [0.25, 0.3) is 0 Å². The quantitative estimate of drug-likeness (QED) is 0.719. The van der Waals surface area contributed by atoms with Crippen LogP contribution >= 0.6 is 0 Å². The molecule has 0 atom stereocenters. The molecule has 0 heterocycles. The molecule has 2 aromatic carbocycles. The van der Waals surface area contributed by atoms with E-state index >= 15 is 0 Å². The molecule has 0 saturated heterocycles. The number of nitrogens with zero attached hydrogens (tertiary/aromatic N) is 1. The van der Waals surface area contributed by atoms with Crippen molar-refractivity contribution in [1.29, 1.82) is 0 Å². The van der Waals surface area contributed by atoms with E-state index in [0.29, 0.717) is 16.8 Å². The van der Waals surface area contributed by atoms with Gasteiger partial charge in [0.2, 0.25) is 5.91 Å². The summed E-state index contributed by atoms with van der Waals surface area (Å²) in [5.41, 5.74) is 0.550. The molecule has 1 N–H and O–H groups in total. The first kappa shape index (κ1) is 23.3. The van der Waals surface area contributed by atoms with Crippen molar-refractivity contribution >= 4 is 17.7 Å². The highest BCUT2D eigenvalue weighted by atomic mass is 19.1. The molecular formula is C22H26F2N2O4. The van der Waals surface area contributed by atoms with Crippen molar-refractivity contribution in [2.45, 2.75) is 26.4 Å². The van der Waals surface area contributed by atoms with Crippen LogP contribution in [0.4, 0.5) is 19.3 Å². The molecule has 0 spiro atoms. The number of carbonyl (C=O) groups excluding carboxylic acids is 2. The summed E-state index contributed by atoms with van der Waals surface area (Å²) in [5.74, 6) is -1.42. The lowest BCUT2D eigenvalue weighted by molar-refractivity contribution is -0.117. The number of carbonyl (C=O) groups is 2.